The van der Waals surface area contributed by atoms with Gasteiger partial charge in [0.2, 0.25) is 0 Å². The Kier molecular flexibility index (Phi) is 8.81. The van der Waals surface area contributed by atoms with Crippen molar-refractivity contribution < 1.29 is 19.7 Å². The van der Waals surface area contributed by atoms with E-state index >= 15 is 0 Å². The van der Waals surface area contributed by atoms with Gasteiger partial charge in [-0.05, 0) is 45.9 Å². The summed E-state index contributed by atoms with van der Waals surface area (Å²) < 4.78 is 10.8. The van der Waals surface area contributed by atoms with Crippen molar-refractivity contribution >= 4 is 0 Å². The van der Waals surface area contributed by atoms with Crippen LogP contribution in [0.5, 0.6) is 23.0 Å². The second kappa shape index (κ2) is 10.1. The molecule has 0 unspecified atom stereocenters. The minimum absolute atomic E-state index is 0.0628. The van der Waals surface area contributed by atoms with Crippen LogP contribution in [0.1, 0.15) is 105 Å². The molecular formula is C30H48O4. The van der Waals surface area contributed by atoms with Gasteiger partial charge in [-0.15, -0.1) is 0 Å². The van der Waals surface area contributed by atoms with Gasteiger partial charge in [0.25, 0.3) is 0 Å². The van der Waals surface area contributed by atoms with Crippen LogP contribution < -0.4 is 9.47 Å². The molecule has 192 valence electrons. The van der Waals surface area contributed by atoms with Crippen molar-refractivity contribution in [2.45, 2.75) is 105 Å². The summed E-state index contributed by atoms with van der Waals surface area (Å²) in [5.41, 5.74) is 3.56. The van der Waals surface area contributed by atoms with Gasteiger partial charge < -0.3 is 19.7 Å². The van der Waals surface area contributed by atoms with Gasteiger partial charge in [-0.1, -0.05) is 83.1 Å². The van der Waals surface area contributed by atoms with Crippen molar-refractivity contribution in [1.82, 2.24) is 0 Å². The highest BCUT2D eigenvalue weighted by molar-refractivity contribution is 5.54. The van der Waals surface area contributed by atoms with Gasteiger partial charge >= 0.3 is 0 Å². The van der Waals surface area contributed by atoms with Gasteiger partial charge in [0.15, 0.2) is 0 Å². The number of hydrogen-bond donors (Lipinski definition) is 2. The summed E-state index contributed by atoms with van der Waals surface area (Å²) in [6.07, 6.45) is 0. The Bertz CT molecular complexity index is 940. The largest absolute Gasteiger partial charge is 0.508 e. The molecule has 0 radical (unpaired) electrons. The summed E-state index contributed by atoms with van der Waals surface area (Å²) in [6.45, 7) is 25.3. The van der Waals surface area contributed by atoms with Crippen molar-refractivity contribution in [2.24, 2.45) is 0 Å². The van der Waals surface area contributed by atoms with Crippen LogP contribution in [0.3, 0.4) is 0 Å². The van der Waals surface area contributed by atoms with Crippen LogP contribution in [0.15, 0.2) is 24.3 Å². The summed E-state index contributed by atoms with van der Waals surface area (Å²) >= 11 is 0. The van der Waals surface area contributed by atoms with Gasteiger partial charge in [-0.2, -0.15) is 0 Å². The number of aromatic hydroxyl groups is 2. The Labute approximate surface area is 208 Å². The van der Waals surface area contributed by atoms with E-state index in [9.17, 15) is 10.2 Å². The Morgan fingerprint density at radius 3 is 1.26 bits per heavy atom. The summed E-state index contributed by atoms with van der Waals surface area (Å²) in [6, 6.07) is 7.40. The number of methoxy groups -OCH3 is 2. The van der Waals surface area contributed by atoms with Crippen LogP contribution in [0.25, 0.3) is 0 Å². The molecule has 0 bridgehead atoms. The monoisotopic (exact) mass is 472 g/mol. The molecule has 0 fully saturated rings. The van der Waals surface area contributed by atoms with Crippen molar-refractivity contribution in [3.63, 3.8) is 0 Å². The van der Waals surface area contributed by atoms with Crippen LogP contribution in [0, 0.1) is 0 Å². The van der Waals surface area contributed by atoms with E-state index in [2.05, 4.69) is 83.1 Å². The first-order valence-corrected chi connectivity index (χ1v) is 12.0. The fraction of sp³-hybridized carbons (Fsp3) is 0.600. The van der Waals surface area contributed by atoms with Crippen LogP contribution in [0.4, 0.5) is 0 Å². The molecule has 0 spiro atoms. The van der Waals surface area contributed by atoms with E-state index in [4.69, 9.17) is 9.47 Å². The normalized spacial score (nSPS) is 12.6. The summed E-state index contributed by atoms with van der Waals surface area (Å²) in [7, 11) is 3.33. The highest BCUT2D eigenvalue weighted by Crippen LogP contribution is 2.44. The molecule has 0 saturated heterocycles. The topological polar surface area (TPSA) is 58.9 Å². The van der Waals surface area contributed by atoms with Crippen molar-refractivity contribution in [3.05, 3.63) is 46.5 Å². The average molecular weight is 473 g/mol. The third-order valence-corrected chi connectivity index (χ3v) is 5.80. The average Bonchev–Trinajstić information content (AvgIpc) is 2.65. The van der Waals surface area contributed by atoms with Gasteiger partial charge in [0.05, 0.1) is 14.2 Å². The first kappa shape index (κ1) is 29.7. The van der Waals surface area contributed by atoms with E-state index in [-0.39, 0.29) is 21.7 Å². The van der Waals surface area contributed by atoms with E-state index in [0.717, 1.165) is 33.8 Å². The highest BCUT2D eigenvalue weighted by atomic mass is 16.5. The first-order chi connectivity index (χ1) is 15.2. The lowest BCUT2D eigenvalue weighted by Gasteiger charge is -2.32. The molecule has 4 heteroatoms. The maximum atomic E-state index is 10.4. The number of ether oxygens (including phenoxy) is 2. The Hall–Kier alpha value is -2.36. The predicted octanol–water partition coefficient (Wildman–Crippen LogP) is 7.99. The predicted molar refractivity (Wildman–Crippen MR) is 144 cm³/mol. The molecule has 34 heavy (non-hydrogen) atoms. The SMILES string of the molecule is COc1cc(C(C)(C)C)c(O)c(C(C)(C)C)c1.COc1ccc(O)c(C(C)(C)C)c1C(C)(C)C. The molecule has 0 aliphatic heterocycles. The standard InChI is InChI=1S/2C15H24O2/c1-14(2,3)11-8-10(17-7)9-12(13(11)16)15(4,5)6;1-14(2,3)12-10(16)8-9-11(17-7)13(12)15(4,5)6/h2*8-9,16H,1-7H3. The van der Waals surface area contributed by atoms with E-state index in [1.54, 1.807) is 20.3 Å². The number of rotatable bonds is 2. The Balaban J connectivity index is 0.000000340. The molecule has 4 nitrogen and oxygen atoms in total. The fourth-order valence-corrected chi connectivity index (χ4v) is 4.12. The first-order valence-electron chi connectivity index (χ1n) is 12.0. The smallest absolute Gasteiger partial charge is 0.123 e. The maximum absolute atomic E-state index is 10.4. The van der Waals surface area contributed by atoms with Crippen LogP contribution >= 0.6 is 0 Å². The van der Waals surface area contributed by atoms with Crippen LogP contribution in [-0.4, -0.2) is 24.4 Å². The second-order valence-electron chi connectivity index (χ2n) is 13.1. The number of phenolic OH excluding ortho intramolecular Hbond substituents is 2. The molecule has 0 heterocycles. The maximum Gasteiger partial charge on any atom is 0.123 e. The highest BCUT2D eigenvalue weighted by Gasteiger charge is 2.31. The molecule has 0 aliphatic carbocycles. The van der Waals surface area contributed by atoms with Crippen molar-refractivity contribution in [1.29, 1.82) is 0 Å². The van der Waals surface area contributed by atoms with E-state index in [0.29, 0.717) is 11.5 Å². The molecular weight excluding hydrogens is 424 g/mol. The van der Waals surface area contributed by atoms with Crippen LogP contribution in [0.2, 0.25) is 0 Å². The third kappa shape index (κ3) is 7.07. The summed E-state index contributed by atoms with van der Waals surface area (Å²) in [4.78, 5) is 0. The van der Waals surface area contributed by atoms with E-state index in [1.807, 2.05) is 18.2 Å². The van der Waals surface area contributed by atoms with E-state index < -0.39 is 0 Å². The van der Waals surface area contributed by atoms with Gasteiger partial charge in [-0.3, -0.25) is 0 Å². The zero-order chi connectivity index (χ0) is 26.9. The van der Waals surface area contributed by atoms with Gasteiger partial charge in [0.1, 0.15) is 23.0 Å². The lowest BCUT2D eigenvalue weighted by molar-refractivity contribution is 0.382. The molecule has 2 aromatic carbocycles. The summed E-state index contributed by atoms with van der Waals surface area (Å²) in [5.74, 6) is 2.40. The van der Waals surface area contributed by atoms with Gasteiger partial charge in [-0.25, -0.2) is 0 Å². The third-order valence-electron chi connectivity index (χ3n) is 5.80. The zero-order valence-electron chi connectivity index (χ0n) is 24.0. The molecule has 2 aromatic rings. The molecule has 0 aliphatic rings. The molecule has 0 amide bonds. The molecule has 2 rings (SSSR count). The zero-order valence-corrected chi connectivity index (χ0v) is 24.0. The molecule has 0 atom stereocenters. The van der Waals surface area contributed by atoms with Crippen molar-refractivity contribution in [3.8, 4) is 23.0 Å². The van der Waals surface area contributed by atoms with E-state index in [1.165, 1.54) is 0 Å². The Morgan fingerprint density at radius 2 is 0.971 bits per heavy atom. The quantitative estimate of drug-likeness (QED) is 0.465. The number of benzene rings is 2. The minimum Gasteiger partial charge on any atom is -0.508 e. The number of phenols is 2. The van der Waals surface area contributed by atoms with Crippen LogP contribution in [-0.2, 0) is 21.7 Å². The molecule has 0 saturated carbocycles. The van der Waals surface area contributed by atoms with Gasteiger partial charge in [0, 0.05) is 22.3 Å². The number of hydrogen-bond acceptors (Lipinski definition) is 4. The lowest BCUT2D eigenvalue weighted by Crippen LogP contribution is -2.23. The lowest BCUT2D eigenvalue weighted by atomic mass is 9.74. The fourth-order valence-electron chi connectivity index (χ4n) is 4.12. The Morgan fingerprint density at radius 1 is 0.559 bits per heavy atom. The molecule has 2 N–H and O–H groups in total. The summed E-state index contributed by atoms with van der Waals surface area (Å²) in [5, 5.41) is 20.6. The minimum atomic E-state index is -0.110. The molecule has 0 aromatic heterocycles. The van der Waals surface area contributed by atoms with Crippen molar-refractivity contribution in [2.75, 3.05) is 14.2 Å². The second-order valence-corrected chi connectivity index (χ2v) is 13.1.